The number of hydrogen-bond donors (Lipinski definition) is 0. The largest absolute Gasteiger partial charge is 0.342 e. The van der Waals surface area contributed by atoms with E-state index < -0.39 is 11.4 Å². The number of carbonyl (C=O) groups is 1. The molecular weight excluding hydrogens is 371 g/mol. The van der Waals surface area contributed by atoms with Crippen molar-refractivity contribution in [3.05, 3.63) is 54.1 Å². The number of nitrogens with zero attached hydrogens (tertiary/aromatic N) is 2. The minimum absolute atomic E-state index is 0.112. The molecule has 1 unspecified atom stereocenters. The molecule has 1 aliphatic rings. The molecule has 0 saturated carbocycles. The molecule has 1 aromatic heterocycles. The second kappa shape index (κ2) is 7.28. The fourth-order valence-corrected chi connectivity index (χ4v) is 5.75. The predicted octanol–water partition coefficient (Wildman–Crippen LogP) is 5.47. The molecule has 146 valence electrons. The van der Waals surface area contributed by atoms with Gasteiger partial charge in [0.2, 0.25) is 5.91 Å². The maximum Gasteiger partial charge on any atom is 0.243 e. The molecule has 1 atom stereocenters. The van der Waals surface area contributed by atoms with Gasteiger partial charge in [-0.1, -0.05) is 36.4 Å². The fraction of sp³-hybridized carbons (Fsp3) is 0.348. The van der Waals surface area contributed by atoms with Crippen molar-refractivity contribution in [3.63, 3.8) is 0 Å². The third-order valence-corrected chi connectivity index (χ3v) is 7.03. The Morgan fingerprint density at radius 2 is 1.79 bits per heavy atom. The Kier molecular flexibility index (Phi) is 4.96. The summed E-state index contributed by atoms with van der Waals surface area (Å²) < 4.78 is 14.8. The number of hydrogen-bond acceptors (Lipinski definition) is 2. The van der Waals surface area contributed by atoms with Crippen molar-refractivity contribution in [2.75, 3.05) is 19.8 Å². The second-order valence-electron chi connectivity index (χ2n) is 7.19. The fourth-order valence-electron chi connectivity index (χ4n) is 4.37. The molecule has 3 aromatic rings. The van der Waals surface area contributed by atoms with Crippen molar-refractivity contribution in [2.24, 2.45) is 0 Å². The van der Waals surface area contributed by atoms with E-state index in [2.05, 4.69) is 22.8 Å². The van der Waals surface area contributed by atoms with Gasteiger partial charge in [-0.15, -0.1) is 11.8 Å². The highest BCUT2D eigenvalue weighted by Gasteiger charge is 2.46. The van der Waals surface area contributed by atoms with Crippen LogP contribution in [0.1, 0.15) is 26.3 Å². The summed E-state index contributed by atoms with van der Waals surface area (Å²) in [6, 6.07) is 16.2. The molecule has 3 nitrogen and oxygen atoms in total. The normalized spacial score (nSPS) is 18.0. The smallest absolute Gasteiger partial charge is 0.243 e. The van der Waals surface area contributed by atoms with E-state index in [9.17, 15) is 9.18 Å². The van der Waals surface area contributed by atoms with Gasteiger partial charge in [0.1, 0.15) is 11.4 Å². The number of para-hydroxylation sites is 1. The van der Waals surface area contributed by atoms with Crippen LogP contribution in [0.3, 0.4) is 0 Å². The number of alkyl halides is 1. The van der Waals surface area contributed by atoms with Gasteiger partial charge >= 0.3 is 0 Å². The molecule has 1 aliphatic heterocycles. The average molecular weight is 397 g/mol. The Hall–Kier alpha value is -2.27. The van der Waals surface area contributed by atoms with E-state index in [0.29, 0.717) is 13.1 Å². The molecule has 1 amide bonds. The number of aromatic nitrogens is 1. The van der Waals surface area contributed by atoms with E-state index in [0.717, 1.165) is 32.6 Å². The van der Waals surface area contributed by atoms with Crippen molar-refractivity contribution in [1.29, 1.82) is 0 Å². The summed E-state index contributed by atoms with van der Waals surface area (Å²) in [5, 5.41) is 1.04. The highest BCUT2D eigenvalue weighted by molar-refractivity contribution is 8.01. The molecule has 5 heteroatoms. The monoisotopic (exact) mass is 396 g/mol. The van der Waals surface area contributed by atoms with Crippen LogP contribution in [0.2, 0.25) is 0 Å². The van der Waals surface area contributed by atoms with E-state index in [1.165, 1.54) is 0 Å². The van der Waals surface area contributed by atoms with Crippen molar-refractivity contribution >= 4 is 28.6 Å². The molecular formula is C23H25FN2OS. The number of aryl methyl sites for hydroxylation is 1. The molecule has 0 bridgehead atoms. The molecule has 0 saturated heterocycles. The molecule has 0 N–H and O–H groups in total. The van der Waals surface area contributed by atoms with Crippen LogP contribution in [0.15, 0.2) is 53.4 Å². The van der Waals surface area contributed by atoms with E-state index in [1.807, 2.05) is 56.0 Å². The van der Waals surface area contributed by atoms with E-state index in [-0.39, 0.29) is 12.5 Å². The molecule has 2 aromatic carbocycles. The van der Waals surface area contributed by atoms with Crippen LogP contribution in [0.25, 0.3) is 22.2 Å². The molecule has 0 spiro atoms. The van der Waals surface area contributed by atoms with Crippen LogP contribution < -0.4 is 0 Å². The van der Waals surface area contributed by atoms with Gasteiger partial charge in [-0.3, -0.25) is 4.79 Å². The zero-order valence-corrected chi connectivity index (χ0v) is 17.4. The van der Waals surface area contributed by atoms with Gasteiger partial charge < -0.3 is 9.47 Å². The quantitative estimate of drug-likeness (QED) is 0.572. The zero-order chi connectivity index (χ0) is 19.9. The van der Waals surface area contributed by atoms with Gasteiger partial charge in [0, 0.05) is 40.0 Å². The predicted molar refractivity (Wildman–Crippen MR) is 114 cm³/mol. The topological polar surface area (TPSA) is 25.2 Å². The first kappa shape index (κ1) is 19.1. The zero-order valence-electron chi connectivity index (χ0n) is 16.5. The lowest BCUT2D eigenvalue weighted by atomic mass is 9.91. The molecule has 4 rings (SSSR count). The minimum atomic E-state index is -0.753. The lowest BCUT2D eigenvalue weighted by molar-refractivity contribution is -0.133. The lowest BCUT2D eigenvalue weighted by Gasteiger charge is -2.37. The first-order chi connectivity index (χ1) is 13.6. The average Bonchev–Trinajstić information content (AvgIpc) is 3.05. The standard InChI is InChI=1S/C23H25FN2OS/c1-4-25(5-2)22(27)23(3)20-16-10-6-8-12-18(16)26(15-14-24)21(20)17-11-7-9-13-19(17)28-23/h6-13H,4-5,14-15H2,1-3H3. The van der Waals surface area contributed by atoms with Crippen molar-refractivity contribution in [2.45, 2.75) is 37.0 Å². The van der Waals surface area contributed by atoms with E-state index in [1.54, 1.807) is 11.8 Å². The van der Waals surface area contributed by atoms with Crippen molar-refractivity contribution in [1.82, 2.24) is 9.47 Å². The number of fused-ring (bicyclic) bond motifs is 5. The van der Waals surface area contributed by atoms with Gasteiger partial charge in [0.25, 0.3) is 0 Å². The third-order valence-electron chi connectivity index (χ3n) is 5.67. The maximum atomic E-state index is 13.7. The molecule has 28 heavy (non-hydrogen) atoms. The van der Waals surface area contributed by atoms with Crippen molar-refractivity contribution in [3.8, 4) is 11.3 Å². The van der Waals surface area contributed by atoms with Gasteiger partial charge in [-0.2, -0.15) is 0 Å². The summed E-state index contributed by atoms with van der Waals surface area (Å²) in [7, 11) is 0. The van der Waals surface area contributed by atoms with E-state index in [4.69, 9.17) is 0 Å². The number of halogens is 1. The summed E-state index contributed by atoms with van der Waals surface area (Å²) >= 11 is 1.62. The molecule has 0 radical (unpaired) electrons. The number of amides is 1. The first-order valence-corrected chi connectivity index (χ1v) is 10.6. The minimum Gasteiger partial charge on any atom is -0.342 e. The Balaban J connectivity index is 2.09. The van der Waals surface area contributed by atoms with Gasteiger partial charge in [-0.05, 0) is 32.9 Å². The lowest BCUT2D eigenvalue weighted by Crippen LogP contribution is -2.44. The summed E-state index contributed by atoms with van der Waals surface area (Å²) in [5.74, 6) is 0.112. The highest BCUT2D eigenvalue weighted by atomic mass is 32.2. The van der Waals surface area contributed by atoms with Crippen molar-refractivity contribution < 1.29 is 9.18 Å². The third kappa shape index (κ3) is 2.67. The number of thioether (sulfide) groups is 1. The Morgan fingerprint density at radius 3 is 2.50 bits per heavy atom. The second-order valence-corrected chi connectivity index (χ2v) is 8.65. The van der Waals surface area contributed by atoms with Crippen LogP contribution in [0.5, 0.6) is 0 Å². The SMILES string of the molecule is CCN(CC)C(=O)C1(C)Sc2ccccc2-c2c1c1ccccc1n2CCF. The van der Waals surface area contributed by atoms with Crippen LogP contribution in [-0.2, 0) is 16.1 Å². The summed E-state index contributed by atoms with van der Waals surface area (Å²) in [6.45, 7) is 7.24. The Bertz CT molecular complexity index is 1040. The first-order valence-electron chi connectivity index (χ1n) is 9.82. The maximum absolute atomic E-state index is 13.7. The van der Waals surface area contributed by atoms with Gasteiger partial charge in [-0.25, -0.2) is 4.39 Å². The number of rotatable bonds is 5. The number of likely N-dealkylation sites (N-methyl/N-ethyl adjacent to an activating group) is 1. The molecule has 2 heterocycles. The Labute approximate surface area is 169 Å². The number of carbonyl (C=O) groups excluding carboxylic acids is 1. The van der Waals surface area contributed by atoms with E-state index >= 15 is 0 Å². The summed E-state index contributed by atoms with van der Waals surface area (Å²) in [5.41, 5.74) is 4.06. The number of benzene rings is 2. The summed E-state index contributed by atoms with van der Waals surface area (Å²) in [6.07, 6.45) is 0. The Morgan fingerprint density at radius 1 is 1.11 bits per heavy atom. The van der Waals surface area contributed by atoms with Crippen LogP contribution >= 0.6 is 11.8 Å². The van der Waals surface area contributed by atoms with Gasteiger partial charge in [0.15, 0.2) is 0 Å². The molecule has 0 fully saturated rings. The van der Waals surface area contributed by atoms with Crippen LogP contribution in [0, 0.1) is 0 Å². The van der Waals surface area contributed by atoms with Crippen LogP contribution in [0.4, 0.5) is 4.39 Å². The highest BCUT2D eigenvalue weighted by Crippen LogP contribution is 2.56. The molecule has 0 aliphatic carbocycles. The van der Waals surface area contributed by atoms with Crippen LogP contribution in [-0.4, -0.2) is 35.1 Å². The van der Waals surface area contributed by atoms with Gasteiger partial charge in [0.05, 0.1) is 12.2 Å². The summed E-state index contributed by atoms with van der Waals surface area (Å²) in [4.78, 5) is 16.7.